The molecule has 0 heterocycles. The monoisotopic (exact) mass is 508 g/mol. The van der Waals surface area contributed by atoms with Gasteiger partial charge >= 0.3 is 0 Å². The molecule has 5 aromatic rings. The minimum absolute atomic E-state index is 0.532. The van der Waals surface area contributed by atoms with Crippen LogP contribution in [0.15, 0.2) is 103 Å². The van der Waals surface area contributed by atoms with Crippen LogP contribution < -0.4 is 9.47 Å². The predicted molar refractivity (Wildman–Crippen MR) is 150 cm³/mol. The van der Waals surface area contributed by atoms with E-state index in [1.807, 2.05) is 60.7 Å². The minimum atomic E-state index is 0.532. The van der Waals surface area contributed by atoms with Gasteiger partial charge in [0.2, 0.25) is 0 Å². The van der Waals surface area contributed by atoms with Crippen molar-refractivity contribution in [1.82, 2.24) is 0 Å². The lowest BCUT2D eigenvalue weighted by molar-refractivity contribution is 0.111. The summed E-state index contributed by atoms with van der Waals surface area (Å²) in [5, 5.41) is 2.97. The summed E-state index contributed by atoms with van der Waals surface area (Å²) in [4.78, 5) is 22.1. The van der Waals surface area contributed by atoms with E-state index in [1.165, 1.54) is 5.39 Å². The molecule has 0 unspecified atom stereocenters. The number of para-hydroxylation sites is 2. The van der Waals surface area contributed by atoms with Crippen LogP contribution in [0.5, 0.6) is 11.5 Å². The Bertz CT molecular complexity index is 1550. The maximum Gasteiger partial charge on any atom is 0.153 e. The molecule has 5 aromatic carbocycles. The number of carbonyl (C=O) groups is 2. The first-order valence-electron chi connectivity index (χ1n) is 11.6. The molecule has 0 aliphatic rings. The zero-order valence-corrected chi connectivity index (χ0v) is 21.2. The van der Waals surface area contributed by atoms with Crippen LogP contribution in [-0.2, 0) is 0 Å². The number of ether oxygens (including phenoxy) is 2. The SMILES string of the molecule is COc1c(C=O)cccc1-c1cccc(Cl)c1.COc1c(C=O)cccc1-c1cccc2ccccc12. The fourth-order valence-corrected chi connectivity index (χ4v) is 4.50. The molecule has 4 nitrogen and oxygen atoms in total. The Morgan fingerprint density at radius 1 is 0.595 bits per heavy atom. The molecule has 0 atom stereocenters. The Labute approximate surface area is 221 Å². The van der Waals surface area contributed by atoms with Crippen molar-refractivity contribution in [2.45, 2.75) is 0 Å². The molecule has 0 aliphatic carbocycles. The van der Waals surface area contributed by atoms with E-state index in [1.54, 1.807) is 32.4 Å². The van der Waals surface area contributed by atoms with Gasteiger partial charge in [-0.25, -0.2) is 0 Å². The molecule has 0 N–H and O–H groups in total. The summed E-state index contributed by atoms with van der Waals surface area (Å²) in [6, 6.07) is 32.9. The van der Waals surface area contributed by atoms with Crippen molar-refractivity contribution in [3.05, 3.63) is 119 Å². The molecular formula is C32H25ClO4. The van der Waals surface area contributed by atoms with Crippen LogP contribution in [-0.4, -0.2) is 26.8 Å². The Hall–Kier alpha value is -4.41. The second-order valence-corrected chi connectivity index (χ2v) is 8.57. The predicted octanol–water partition coefficient (Wildman–Crippen LogP) is 8.16. The second-order valence-electron chi connectivity index (χ2n) is 8.13. The number of benzene rings is 5. The molecule has 37 heavy (non-hydrogen) atoms. The van der Waals surface area contributed by atoms with Gasteiger partial charge in [0.1, 0.15) is 11.5 Å². The van der Waals surface area contributed by atoms with Gasteiger partial charge in [-0.1, -0.05) is 90.5 Å². The fraction of sp³-hybridized carbons (Fsp3) is 0.0625. The zero-order chi connectivity index (χ0) is 26.2. The number of hydrogen-bond acceptors (Lipinski definition) is 4. The quantitative estimate of drug-likeness (QED) is 0.217. The van der Waals surface area contributed by atoms with Crippen molar-refractivity contribution in [2.24, 2.45) is 0 Å². The number of methoxy groups -OCH3 is 2. The Balaban J connectivity index is 0.000000176. The van der Waals surface area contributed by atoms with E-state index < -0.39 is 0 Å². The van der Waals surface area contributed by atoms with E-state index in [-0.39, 0.29) is 0 Å². The summed E-state index contributed by atoms with van der Waals surface area (Å²) >= 11 is 5.95. The van der Waals surface area contributed by atoms with E-state index in [0.29, 0.717) is 27.6 Å². The lowest BCUT2D eigenvalue weighted by atomic mass is 9.96. The van der Waals surface area contributed by atoms with Crippen LogP contribution in [0.4, 0.5) is 0 Å². The number of fused-ring (bicyclic) bond motifs is 1. The third-order valence-electron chi connectivity index (χ3n) is 5.97. The molecular weight excluding hydrogens is 484 g/mol. The van der Waals surface area contributed by atoms with Gasteiger partial charge in [0.05, 0.1) is 25.3 Å². The highest BCUT2D eigenvalue weighted by Gasteiger charge is 2.12. The number of aldehydes is 2. The van der Waals surface area contributed by atoms with Gasteiger partial charge in [-0.2, -0.15) is 0 Å². The molecule has 0 radical (unpaired) electrons. The van der Waals surface area contributed by atoms with Gasteiger partial charge in [0, 0.05) is 16.1 Å². The fourth-order valence-electron chi connectivity index (χ4n) is 4.31. The van der Waals surface area contributed by atoms with Crippen LogP contribution in [0.25, 0.3) is 33.0 Å². The topological polar surface area (TPSA) is 52.6 Å². The van der Waals surface area contributed by atoms with Gasteiger partial charge in [-0.05, 0) is 46.2 Å². The molecule has 0 bridgehead atoms. The largest absolute Gasteiger partial charge is 0.495 e. The number of carbonyl (C=O) groups excluding carboxylic acids is 2. The van der Waals surface area contributed by atoms with E-state index in [9.17, 15) is 9.59 Å². The Morgan fingerprint density at radius 3 is 1.78 bits per heavy atom. The highest BCUT2D eigenvalue weighted by Crippen LogP contribution is 2.36. The van der Waals surface area contributed by atoms with Crippen molar-refractivity contribution < 1.29 is 19.1 Å². The van der Waals surface area contributed by atoms with Crippen LogP contribution in [0.1, 0.15) is 20.7 Å². The molecule has 0 saturated carbocycles. The second kappa shape index (κ2) is 12.0. The normalized spacial score (nSPS) is 10.2. The first-order chi connectivity index (χ1) is 18.1. The lowest BCUT2D eigenvalue weighted by Crippen LogP contribution is -1.94. The Kier molecular flexibility index (Phi) is 8.34. The van der Waals surface area contributed by atoms with E-state index in [4.69, 9.17) is 21.1 Å². The summed E-state index contributed by atoms with van der Waals surface area (Å²) in [5.41, 5.74) is 4.90. The summed E-state index contributed by atoms with van der Waals surface area (Å²) < 4.78 is 10.7. The van der Waals surface area contributed by atoms with Gasteiger partial charge in [0.25, 0.3) is 0 Å². The molecule has 0 amide bonds. The van der Waals surface area contributed by atoms with Crippen LogP contribution in [0, 0.1) is 0 Å². The summed E-state index contributed by atoms with van der Waals surface area (Å²) in [5.74, 6) is 1.20. The van der Waals surface area contributed by atoms with E-state index in [2.05, 4.69) is 24.3 Å². The van der Waals surface area contributed by atoms with Crippen LogP contribution in [0.3, 0.4) is 0 Å². The van der Waals surface area contributed by atoms with Crippen molar-refractivity contribution in [1.29, 1.82) is 0 Å². The van der Waals surface area contributed by atoms with Crippen LogP contribution in [0.2, 0.25) is 5.02 Å². The molecule has 0 aliphatic heterocycles. The highest BCUT2D eigenvalue weighted by atomic mass is 35.5. The summed E-state index contributed by atoms with van der Waals surface area (Å²) in [6.45, 7) is 0. The molecule has 5 rings (SSSR count). The first-order valence-corrected chi connectivity index (χ1v) is 12.0. The standard InChI is InChI=1S/C18H14O2.C14H11ClO2/c1-20-18-14(12-19)8-5-11-17(18)16-10-4-7-13-6-2-3-9-15(13)16;1-17-14-11(9-16)5-3-7-13(14)10-4-2-6-12(15)8-10/h2-12H,1H3;2-9H,1H3. The first kappa shape index (κ1) is 25.7. The Morgan fingerprint density at radius 2 is 1.14 bits per heavy atom. The van der Waals surface area contributed by atoms with Gasteiger partial charge in [-0.15, -0.1) is 0 Å². The molecule has 0 saturated heterocycles. The van der Waals surface area contributed by atoms with Gasteiger partial charge < -0.3 is 9.47 Å². The molecule has 0 spiro atoms. The van der Waals surface area contributed by atoms with E-state index >= 15 is 0 Å². The number of halogens is 1. The average Bonchev–Trinajstić information content (AvgIpc) is 2.96. The van der Waals surface area contributed by atoms with Crippen molar-refractivity contribution >= 4 is 34.9 Å². The molecule has 0 aromatic heterocycles. The number of hydrogen-bond donors (Lipinski definition) is 0. The van der Waals surface area contributed by atoms with Gasteiger partial charge in [-0.3, -0.25) is 9.59 Å². The zero-order valence-electron chi connectivity index (χ0n) is 20.5. The maximum absolute atomic E-state index is 11.2. The van der Waals surface area contributed by atoms with Crippen LogP contribution >= 0.6 is 11.6 Å². The smallest absolute Gasteiger partial charge is 0.153 e. The van der Waals surface area contributed by atoms with Crippen molar-refractivity contribution in [2.75, 3.05) is 14.2 Å². The van der Waals surface area contributed by atoms with Crippen molar-refractivity contribution in [3.8, 4) is 33.8 Å². The average molecular weight is 509 g/mol. The maximum atomic E-state index is 11.2. The highest BCUT2D eigenvalue weighted by molar-refractivity contribution is 6.30. The third kappa shape index (κ3) is 5.55. The molecule has 5 heteroatoms. The van der Waals surface area contributed by atoms with E-state index in [0.717, 1.165) is 40.2 Å². The minimum Gasteiger partial charge on any atom is -0.495 e. The summed E-state index contributed by atoms with van der Waals surface area (Å²) in [7, 11) is 3.15. The lowest BCUT2D eigenvalue weighted by Gasteiger charge is -2.12. The number of rotatable bonds is 6. The van der Waals surface area contributed by atoms with Gasteiger partial charge in [0.15, 0.2) is 12.6 Å². The third-order valence-corrected chi connectivity index (χ3v) is 6.20. The van der Waals surface area contributed by atoms with Crippen molar-refractivity contribution in [3.63, 3.8) is 0 Å². The molecule has 0 fully saturated rings. The molecule has 184 valence electrons. The summed E-state index contributed by atoms with van der Waals surface area (Å²) in [6.07, 6.45) is 1.61.